The molecule has 5 rings (SSSR count). The van der Waals surface area contributed by atoms with Crippen LogP contribution in [0.15, 0.2) is 59.7 Å². The van der Waals surface area contributed by atoms with E-state index in [9.17, 15) is 9.59 Å². The number of aromatic nitrogens is 1. The lowest BCUT2D eigenvalue weighted by Crippen LogP contribution is -2.44. The Hall–Kier alpha value is -4.05. The molecular weight excluding hydrogens is 497 g/mol. The largest absolute Gasteiger partial charge is 0.383 e. The SMILES string of the molecule is CN(C)/C=C/C(=O)NC1CCN(c2cc(Nc3ccc(N4CCN(C)CC4)cc3F)c3c(=O)[nH]ccc3c2)C1. The zero-order valence-electron chi connectivity index (χ0n) is 22.7. The number of hydrogen-bond acceptors (Lipinski definition) is 7. The topological polar surface area (TPSA) is 87.0 Å². The van der Waals surface area contributed by atoms with Crippen molar-refractivity contribution in [2.45, 2.75) is 12.5 Å². The van der Waals surface area contributed by atoms with Gasteiger partial charge in [0.25, 0.3) is 5.56 Å². The van der Waals surface area contributed by atoms with Gasteiger partial charge in [-0.15, -0.1) is 0 Å². The van der Waals surface area contributed by atoms with Gasteiger partial charge < -0.3 is 35.2 Å². The van der Waals surface area contributed by atoms with Crippen LogP contribution in [-0.2, 0) is 4.79 Å². The highest BCUT2D eigenvalue weighted by Gasteiger charge is 2.25. The molecule has 3 aromatic rings. The second-order valence-electron chi connectivity index (χ2n) is 10.6. The Bertz CT molecular complexity index is 1430. The standard InChI is InChI=1S/C29H36FN7O2/c1-34(2)10-8-27(38)32-21-7-11-37(19-21)23-16-20-6-9-31-29(39)28(20)26(18-23)33-25-5-4-22(17-24(25)30)36-14-12-35(3)13-15-36/h4-6,8-10,16-18,21,33H,7,11-15,19H2,1-3H3,(H,31,39)(H,32,38)/b10-8+. The monoisotopic (exact) mass is 533 g/mol. The molecule has 206 valence electrons. The molecular formula is C29H36FN7O2. The highest BCUT2D eigenvalue weighted by atomic mass is 19.1. The molecule has 2 fully saturated rings. The third kappa shape index (κ3) is 6.17. The van der Waals surface area contributed by atoms with Crippen molar-refractivity contribution in [3.63, 3.8) is 0 Å². The van der Waals surface area contributed by atoms with Gasteiger partial charge >= 0.3 is 0 Å². The molecule has 0 bridgehead atoms. The number of benzene rings is 2. The average molecular weight is 534 g/mol. The van der Waals surface area contributed by atoms with E-state index in [4.69, 9.17) is 0 Å². The van der Waals surface area contributed by atoms with E-state index in [1.165, 1.54) is 6.08 Å². The van der Waals surface area contributed by atoms with Gasteiger partial charge in [-0.25, -0.2) is 4.39 Å². The van der Waals surface area contributed by atoms with Gasteiger partial charge in [-0.3, -0.25) is 9.59 Å². The van der Waals surface area contributed by atoms with Crippen LogP contribution in [0.2, 0.25) is 0 Å². The highest BCUT2D eigenvalue weighted by Crippen LogP contribution is 2.33. The van der Waals surface area contributed by atoms with Crippen molar-refractivity contribution in [3.8, 4) is 0 Å². The molecule has 1 atom stereocenters. The maximum atomic E-state index is 15.3. The van der Waals surface area contributed by atoms with Gasteiger partial charge in [0.05, 0.1) is 16.8 Å². The third-order valence-electron chi connectivity index (χ3n) is 7.37. The fourth-order valence-electron chi connectivity index (χ4n) is 5.18. The second-order valence-corrected chi connectivity index (χ2v) is 10.6. The van der Waals surface area contributed by atoms with Crippen LogP contribution in [0.1, 0.15) is 6.42 Å². The van der Waals surface area contributed by atoms with E-state index in [1.807, 2.05) is 43.3 Å². The minimum Gasteiger partial charge on any atom is -0.383 e. The molecule has 2 aliphatic heterocycles. The van der Waals surface area contributed by atoms with Crippen LogP contribution in [0.5, 0.6) is 0 Å². The minimum absolute atomic E-state index is 0.00941. The number of anilines is 4. The number of amides is 1. The number of hydrogen-bond donors (Lipinski definition) is 3. The Labute approximate surface area is 227 Å². The molecule has 10 heteroatoms. The minimum atomic E-state index is -0.368. The summed E-state index contributed by atoms with van der Waals surface area (Å²) in [5.74, 6) is -0.495. The average Bonchev–Trinajstić information content (AvgIpc) is 3.37. The smallest absolute Gasteiger partial charge is 0.257 e. The van der Waals surface area contributed by atoms with Crippen molar-refractivity contribution >= 4 is 39.4 Å². The number of carbonyl (C=O) groups excluding carboxylic acids is 1. The summed E-state index contributed by atoms with van der Waals surface area (Å²) in [6, 6.07) is 10.9. The van der Waals surface area contributed by atoms with E-state index in [0.717, 1.165) is 55.9 Å². The van der Waals surface area contributed by atoms with Crippen LogP contribution in [0.25, 0.3) is 10.8 Å². The number of nitrogens with zero attached hydrogens (tertiary/aromatic N) is 4. The summed E-state index contributed by atoms with van der Waals surface area (Å²) in [5, 5.41) is 7.48. The number of likely N-dealkylation sites (N-methyl/N-ethyl adjacent to an activating group) is 1. The first-order valence-corrected chi connectivity index (χ1v) is 13.3. The van der Waals surface area contributed by atoms with E-state index < -0.39 is 0 Å². The molecule has 0 aliphatic carbocycles. The number of halogens is 1. The molecule has 0 spiro atoms. The molecule has 39 heavy (non-hydrogen) atoms. The summed E-state index contributed by atoms with van der Waals surface area (Å²) in [4.78, 5) is 36.2. The van der Waals surface area contributed by atoms with Crippen molar-refractivity contribution < 1.29 is 9.18 Å². The molecule has 3 N–H and O–H groups in total. The Morgan fingerprint density at radius 2 is 1.82 bits per heavy atom. The normalized spacial score (nSPS) is 18.2. The quantitative estimate of drug-likeness (QED) is 0.403. The lowest BCUT2D eigenvalue weighted by Gasteiger charge is -2.34. The van der Waals surface area contributed by atoms with Gasteiger partial charge in [0.1, 0.15) is 5.82 Å². The molecule has 9 nitrogen and oxygen atoms in total. The van der Waals surface area contributed by atoms with E-state index in [-0.39, 0.29) is 23.3 Å². The summed E-state index contributed by atoms with van der Waals surface area (Å²) in [5.41, 5.74) is 2.37. The summed E-state index contributed by atoms with van der Waals surface area (Å²) >= 11 is 0. The van der Waals surface area contributed by atoms with Crippen molar-refractivity contribution in [2.75, 3.05) is 75.5 Å². The summed E-state index contributed by atoms with van der Waals surface area (Å²) in [7, 11) is 5.82. The lowest BCUT2D eigenvalue weighted by molar-refractivity contribution is -0.117. The number of pyridine rings is 1. The number of carbonyl (C=O) groups is 1. The Balaban J connectivity index is 1.38. The van der Waals surface area contributed by atoms with Gasteiger partial charge in [0.2, 0.25) is 5.91 Å². The van der Waals surface area contributed by atoms with Crippen LogP contribution < -0.4 is 26.0 Å². The van der Waals surface area contributed by atoms with Crippen LogP contribution in [0, 0.1) is 5.82 Å². The van der Waals surface area contributed by atoms with Crippen molar-refractivity contribution in [1.29, 1.82) is 0 Å². The van der Waals surface area contributed by atoms with Gasteiger partial charge in [-0.05, 0) is 55.3 Å². The lowest BCUT2D eigenvalue weighted by atomic mass is 10.1. The number of piperazine rings is 1. The first-order chi connectivity index (χ1) is 18.8. The van der Waals surface area contributed by atoms with Gasteiger partial charge in [0, 0.05) is 89.3 Å². The van der Waals surface area contributed by atoms with Crippen molar-refractivity contribution in [3.05, 3.63) is 71.0 Å². The fourth-order valence-corrected chi connectivity index (χ4v) is 5.18. The predicted octanol–water partition coefficient (Wildman–Crippen LogP) is 2.93. The van der Waals surface area contributed by atoms with E-state index in [2.05, 4.69) is 37.4 Å². The highest BCUT2D eigenvalue weighted by molar-refractivity contribution is 5.98. The maximum Gasteiger partial charge on any atom is 0.257 e. The second kappa shape index (κ2) is 11.4. The van der Waals surface area contributed by atoms with E-state index in [0.29, 0.717) is 23.3 Å². The number of H-pyrrole nitrogens is 1. The van der Waals surface area contributed by atoms with Crippen LogP contribution in [0.3, 0.4) is 0 Å². The summed E-state index contributed by atoms with van der Waals surface area (Å²) in [6.07, 6.45) is 5.67. The first kappa shape index (κ1) is 26.6. The van der Waals surface area contributed by atoms with Crippen LogP contribution >= 0.6 is 0 Å². The molecule has 1 aromatic heterocycles. The van der Waals surface area contributed by atoms with Gasteiger partial charge in [-0.1, -0.05) is 0 Å². The molecule has 1 unspecified atom stereocenters. The van der Waals surface area contributed by atoms with E-state index >= 15 is 4.39 Å². The zero-order chi connectivity index (χ0) is 27.5. The molecule has 3 heterocycles. The molecule has 2 aliphatic rings. The van der Waals surface area contributed by atoms with Crippen LogP contribution in [0.4, 0.5) is 27.1 Å². The summed E-state index contributed by atoms with van der Waals surface area (Å²) in [6.45, 7) is 4.99. The Morgan fingerprint density at radius 1 is 1.03 bits per heavy atom. The molecule has 2 saturated heterocycles. The number of nitrogens with one attached hydrogen (secondary N) is 3. The van der Waals surface area contributed by atoms with Crippen molar-refractivity contribution in [2.24, 2.45) is 0 Å². The molecule has 1 amide bonds. The molecule has 0 saturated carbocycles. The number of fused-ring (bicyclic) bond motifs is 1. The maximum absolute atomic E-state index is 15.3. The number of rotatable bonds is 7. The predicted molar refractivity (Wildman–Crippen MR) is 156 cm³/mol. The Morgan fingerprint density at radius 3 is 2.56 bits per heavy atom. The summed E-state index contributed by atoms with van der Waals surface area (Å²) < 4.78 is 15.3. The third-order valence-corrected chi connectivity index (χ3v) is 7.37. The van der Waals surface area contributed by atoms with E-state index in [1.54, 1.807) is 24.5 Å². The van der Waals surface area contributed by atoms with Gasteiger partial charge in [0.15, 0.2) is 0 Å². The molecule has 0 radical (unpaired) electrons. The van der Waals surface area contributed by atoms with Crippen LogP contribution in [-0.4, -0.2) is 87.1 Å². The van der Waals surface area contributed by atoms with Gasteiger partial charge in [-0.2, -0.15) is 0 Å². The Kier molecular flexibility index (Phi) is 7.74. The first-order valence-electron chi connectivity index (χ1n) is 13.3. The van der Waals surface area contributed by atoms with Crippen molar-refractivity contribution in [1.82, 2.24) is 20.1 Å². The number of aromatic amines is 1. The fraction of sp³-hybridized carbons (Fsp3) is 0.379. The molecule has 2 aromatic carbocycles. The zero-order valence-corrected chi connectivity index (χ0v) is 22.7.